The molecule has 0 aliphatic carbocycles. The highest BCUT2D eigenvalue weighted by Gasteiger charge is 2.60. The average molecular weight is 1010 g/mol. The molecular weight excluding hydrogens is 948 g/mol. The van der Waals surface area contributed by atoms with Crippen LogP contribution >= 0.6 is 0 Å². The van der Waals surface area contributed by atoms with E-state index in [-0.39, 0.29) is 0 Å². The van der Waals surface area contributed by atoms with Gasteiger partial charge in [0.1, 0.15) is 68.1 Å². The standard InChI is InChI=1S/C43H66O27/c1-17-25(51-7)34(54-10)41(66-26(17)38(49)56-12)68-28-24(16-60-19(3)45)65-43(37(63-22(6)48)31(28)61-20(4)46)69-32-30(53-9)35(55-11)42(70-33(32)39(50)57-13)67-27-23(15-59-18(2)44)64-40(58-14)36(29(27)52-8)62-21(5)47/h17,23-37,40-43H,15-16H2,1-14H3/t17-,23?,24-,25-,26?,27+,28+,29-,30?,31?,32-,33+,34?,35?,36?,37?,40-,41-,42-,43+/m0/s1. The van der Waals surface area contributed by atoms with Crippen molar-refractivity contribution >= 4 is 41.8 Å². The predicted molar refractivity (Wildman–Crippen MR) is 223 cm³/mol. The van der Waals surface area contributed by atoms with E-state index >= 15 is 0 Å². The molecule has 70 heavy (non-hydrogen) atoms. The van der Waals surface area contributed by atoms with Crippen molar-refractivity contribution in [1.82, 2.24) is 0 Å². The van der Waals surface area contributed by atoms with Gasteiger partial charge in [0, 0.05) is 83.2 Å². The van der Waals surface area contributed by atoms with E-state index in [1.54, 1.807) is 6.92 Å². The van der Waals surface area contributed by atoms with Crippen LogP contribution in [0.4, 0.5) is 0 Å². The number of rotatable bonds is 21. The molecule has 4 heterocycles. The van der Waals surface area contributed by atoms with Crippen LogP contribution in [-0.4, -0.2) is 229 Å². The SMILES string of the molecule is COC(=O)C1O[C@@H](O[C@H]2C(OC(C)=O)C(OC(C)=O)[C@@H](O[C@H]3C(OC)C(OC)[C@@H](O[C@@H]4C(COC(C)=O)O[C@H](OC)C(OC(C)=O)[C@H]4OC)O[C@H]3C(=O)OC)O[C@H]2COC(C)=O)C(OC)[C@@H](OC)[C@@H]1C. The molecule has 0 radical (unpaired) electrons. The Morgan fingerprint density at radius 2 is 0.714 bits per heavy atom. The van der Waals surface area contributed by atoms with E-state index < -0.39 is 178 Å². The van der Waals surface area contributed by atoms with Crippen molar-refractivity contribution in [2.45, 2.75) is 158 Å². The van der Waals surface area contributed by atoms with E-state index in [9.17, 15) is 33.6 Å². The zero-order valence-corrected chi connectivity index (χ0v) is 41.5. The first-order chi connectivity index (χ1) is 33.2. The number of hydrogen-bond acceptors (Lipinski definition) is 27. The molecule has 27 nitrogen and oxygen atoms in total. The van der Waals surface area contributed by atoms with Gasteiger partial charge in [0.15, 0.2) is 55.7 Å². The first kappa shape index (κ1) is 58.3. The average Bonchev–Trinajstić information content (AvgIpc) is 3.31. The number of ether oxygens (including phenoxy) is 20. The largest absolute Gasteiger partial charge is 0.467 e. The molecule has 4 aliphatic heterocycles. The van der Waals surface area contributed by atoms with Crippen molar-refractivity contribution in [2.75, 3.05) is 70.1 Å². The molecule has 4 fully saturated rings. The zero-order chi connectivity index (χ0) is 52.1. The lowest BCUT2D eigenvalue weighted by molar-refractivity contribution is -0.386. The van der Waals surface area contributed by atoms with Gasteiger partial charge in [0.2, 0.25) is 0 Å². The van der Waals surface area contributed by atoms with Gasteiger partial charge in [-0.15, -0.1) is 0 Å². The minimum absolute atomic E-state index is 0.424. The van der Waals surface area contributed by atoms with E-state index in [0.29, 0.717) is 0 Å². The van der Waals surface area contributed by atoms with Gasteiger partial charge in [-0.05, 0) is 0 Å². The fourth-order valence-corrected chi connectivity index (χ4v) is 8.70. The maximum atomic E-state index is 13.8. The summed E-state index contributed by atoms with van der Waals surface area (Å²) in [5, 5.41) is 0. The van der Waals surface area contributed by atoms with Crippen molar-refractivity contribution < 1.29 is 128 Å². The molecule has 0 spiro atoms. The molecule has 0 amide bonds. The summed E-state index contributed by atoms with van der Waals surface area (Å²) < 4.78 is 117. The molecule has 0 saturated carbocycles. The summed E-state index contributed by atoms with van der Waals surface area (Å²) in [6.45, 7) is 6.14. The Morgan fingerprint density at radius 1 is 0.357 bits per heavy atom. The highest BCUT2D eigenvalue weighted by atomic mass is 16.8. The Morgan fingerprint density at radius 3 is 1.14 bits per heavy atom. The van der Waals surface area contributed by atoms with Gasteiger partial charge < -0.3 is 94.7 Å². The van der Waals surface area contributed by atoms with Crippen LogP contribution in [0.1, 0.15) is 41.5 Å². The summed E-state index contributed by atoms with van der Waals surface area (Å²) in [5.74, 6) is -6.54. The lowest BCUT2D eigenvalue weighted by Gasteiger charge is -2.51. The summed E-state index contributed by atoms with van der Waals surface area (Å²) in [7, 11) is 9.99. The number of methoxy groups -OCH3 is 8. The molecule has 0 N–H and O–H groups in total. The van der Waals surface area contributed by atoms with Gasteiger partial charge in [0.05, 0.1) is 20.3 Å². The van der Waals surface area contributed by atoms with Crippen molar-refractivity contribution in [2.24, 2.45) is 5.92 Å². The van der Waals surface area contributed by atoms with Gasteiger partial charge in [-0.2, -0.15) is 0 Å². The normalized spacial score (nSPS) is 37.5. The second-order valence-electron chi connectivity index (χ2n) is 16.2. The molecule has 400 valence electrons. The molecule has 20 atom stereocenters. The summed E-state index contributed by atoms with van der Waals surface area (Å²) in [6.07, 6.45) is -27.2. The van der Waals surface area contributed by atoms with Crippen LogP contribution in [0.15, 0.2) is 0 Å². The highest BCUT2D eigenvalue weighted by Crippen LogP contribution is 2.39. The number of carbonyl (C=O) groups is 7. The van der Waals surface area contributed by atoms with Gasteiger partial charge in [-0.1, -0.05) is 6.92 Å². The van der Waals surface area contributed by atoms with Crippen molar-refractivity contribution in [3.05, 3.63) is 0 Å². The van der Waals surface area contributed by atoms with Crippen LogP contribution in [0, 0.1) is 5.92 Å². The second-order valence-corrected chi connectivity index (χ2v) is 16.2. The van der Waals surface area contributed by atoms with E-state index in [4.69, 9.17) is 94.7 Å². The molecule has 0 aromatic carbocycles. The molecule has 0 aromatic heterocycles. The maximum Gasteiger partial charge on any atom is 0.337 e. The smallest absolute Gasteiger partial charge is 0.337 e. The third kappa shape index (κ3) is 14.0. The van der Waals surface area contributed by atoms with Crippen LogP contribution in [0.2, 0.25) is 0 Å². The lowest BCUT2D eigenvalue weighted by atomic mass is 9.90. The molecular formula is C43H66O27. The fraction of sp³-hybridized carbons (Fsp3) is 0.837. The minimum Gasteiger partial charge on any atom is -0.467 e. The van der Waals surface area contributed by atoms with Crippen molar-refractivity contribution in [3.8, 4) is 0 Å². The Kier molecular flexibility index (Phi) is 22.5. The molecule has 4 saturated heterocycles. The van der Waals surface area contributed by atoms with Gasteiger partial charge in [-0.25, -0.2) is 9.59 Å². The second kappa shape index (κ2) is 27.0. The van der Waals surface area contributed by atoms with Crippen LogP contribution in [-0.2, 0) is 128 Å². The Bertz CT molecular complexity index is 1760. The van der Waals surface area contributed by atoms with Crippen LogP contribution in [0.5, 0.6) is 0 Å². The Balaban J connectivity index is 1.81. The van der Waals surface area contributed by atoms with Crippen LogP contribution in [0.3, 0.4) is 0 Å². The van der Waals surface area contributed by atoms with Gasteiger partial charge in [0.25, 0.3) is 0 Å². The van der Waals surface area contributed by atoms with E-state index in [0.717, 1.165) is 41.9 Å². The minimum atomic E-state index is -1.87. The number of hydrogen-bond donors (Lipinski definition) is 0. The lowest BCUT2D eigenvalue weighted by Crippen LogP contribution is -2.69. The zero-order valence-electron chi connectivity index (χ0n) is 41.5. The fourth-order valence-electron chi connectivity index (χ4n) is 8.70. The summed E-state index contributed by atoms with van der Waals surface area (Å²) in [6, 6.07) is 0. The molecule has 0 bridgehead atoms. The summed E-state index contributed by atoms with van der Waals surface area (Å²) >= 11 is 0. The predicted octanol–water partition coefficient (Wildman–Crippen LogP) is -1.33. The third-order valence-corrected chi connectivity index (χ3v) is 11.7. The van der Waals surface area contributed by atoms with Crippen molar-refractivity contribution in [3.63, 3.8) is 0 Å². The quantitative estimate of drug-likeness (QED) is 0.0950. The first-order valence-corrected chi connectivity index (χ1v) is 21.9. The molecule has 27 heteroatoms. The summed E-state index contributed by atoms with van der Waals surface area (Å²) in [5.41, 5.74) is 0. The highest BCUT2D eigenvalue weighted by molar-refractivity contribution is 5.76. The van der Waals surface area contributed by atoms with E-state index in [1.807, 2.05) is 0 Å². The van der Waals surface area contributed by atoms with E-state index in [1.165, 1.54) is 49.6 Å². The van der Waals surface area contributed by atoms with E-state index in [2.05, 4.69) is 0 Å². The van der Waals surface area contributed by atoms with Crippen LogP contribution < -0.4 is 0 Å². The monoisotopic (exact) mass is 1010 g/mol. The molecule has 0 aromatic rings. The number of esters is 7. The van der Waals surface area contributed by atoms with Crippen LogP contribution in [0.25, 0.3) is 0 Å². The van der Waals surface area contributed by atoms with Gasteiger partial charge >= 0.3 is 41.8 Å². The number of carbonyl (C=O) groups excluding carboxylic acids is 7. The third-order valence-electron chi connectivity index (χ3n) is 11.7. The Hall–Kier alpha value is -4.23. The Labute approximate surface area is 403 Å². The van der Waals surface area contributed by atoms with Crippen molar-refractivity contribution in [1.29, 1.82) is 0 Å². The molecule has 4 aliphatic rings. The van der Waals surface area contributed by atoms with Gasteiger partial charge in [-0.3, -0.25) is 24.0 Å². The maximum absolute atomic E-state index is 13.8. The molecule has 8 unspecified atom stereocenters. The summed E-state index contributed by atoms with van der Waals surface area (Å²) in [4.78, 5) is 89.3. The first-order valence-electron chi connectivity index (χ1n) is 21.9. The molecule has 4 rings (SSSR count). The topological polar surface area (TPSA) is 304 Å².